The Bertz CT molecular complexity index is 631. The second-order valence-electron chi connectivity index (χ2n) is 7.13. The molecule has 1 N–H and O–H groups in total. The van der Waals surface area contributed by atoms with Crippen LogP contribution in [0.15, 0.2) is 12.7 Å². The number of hydrogen-bond acceptors (Lipinski definition) is 4. The first kappa shape index (κ1) is 21.1. The highest BCUT2D eigenvalue weighted by Crippen LogP contribution is 2.26. The van der Waals surface area contributed by atoms with E-state index in [2.05, 4.69) is 21.9 Å². The van der Waals surface area contributed by atoms with Gasteiger partial charge in [0.1, 0.15) is 11.8 Å². The van der Waals surface area contributed by atoms with E-state index >= 15 is 0 Å². The molecule has 0 aliphatic rings. The molecule has 6 heteroatoms. The molecule has 0 aliphatic heterocycles. The summed E-state index contributed by atoms with van der Waals surface area (Å²) in [4.78, 5) is 12.7. The first-order chi connectivity index (χ1) is 12.8. The molecule has 0 radical (unpaired) electrons. The molecule has 146 valence electrons. The summed E-state index contributed by atoms with van der Waals surface area (Å²) in [5.41, 5.74) is 1.40. The number of aliphatic hydroxyl groups excluding tert-OH is 1. The van der Waals surface area contributed by atoms with Crippen LogP contribution in [-0.2, 0) is 0 Å². The van der Waals surface area contributed by atoms with E-state index in [-0.39, 0.29) is 12.6 Å². The molecular formula is C20H33ClN4O. The molecule has 0 spiro atoms. The van der Waals surface area contributed by atoms with Crippen LogP contribution in [0.5, 0.6) is 0 Å². The predicted molar refractivity (Wildman–Crippen MR) is 108 cm³/mol. The molecule has 0 bridgehead atoms. The number of imidazole rings is 1. The minimum atomic E-state index is 0.168. The van der Waals surface area contributed by atoms with Gasteiger partial charge in [0.2, 0.25) is 0 Å². The van der Waals surface area contributed by atoms with Crippen LogP contribution in [0.2, 0.25) is 5.15 Å². The topological polar surface area (TPSA) is 63.8 Å². The maximum Gasteiger partial charge on any atom is 0.165 e. The summed E-state index contributed by atoms with van der Waals surface area (Å²) < 4.78 is 2.05. The molecule has 0 amide bonds. The third-order valence-corrected chi connectivity index (χ3v) is 5.34. The fourth-order valence-electron chi connectivity index (χ4n) is 3.53. The molecule has 0 saturated heterocycles. The maximum atomic E-state index is 9.43. The molecule has 1 atom stereocenters. The van der Waals surface area contributed by atoms with Crippen LogP contribution in [-0.4, -0.2) is 31.2 Å². The largest absolute Gasteiger partial charge is 0.396 e. The van der Waals surface area contributed by atoms with E-state index in [1.807, 2.05) is 4.57 Å². The van der Waals surface area contributed by atoms with Crippen molar-refractivity contribution in [3.05, 3.63) is 17.8 Å². The summed E-state index contributed by atoms with van der Waals surface area (Å²) in [6.07, 6.45) is 18.3. The Labute approximate surface area is 162 Å². The second kappa shape index (κ2) is 12.2. The van der Waals surface area contributed by atoms with Crippen LogP contribution < -0.4 is 0 Å². The third kappa shape index (κ3) is 6.51. The zero-order valence-electron chi connectivity index (χ0n) is 16.0. The van der Waals surface area contributed by atoms with Crippen LogP contribution >= 0.6 is 11.6 Å². The summed E-state index contributed by atoms with van der Waals surface area (Å²) in [6.45, 7) is 2.43. The Morgan fingerprint density at radius 3 is 2.23 bits per heavy atom. The van der Waals surface area contributed by atoms with E-state index in [1.54, 1.807) is 6.33 Å². The number of aliphatic hydroxyl groups is 1. The fourth-order valence-corrected chi connectivity index (χ4v) is 3.71. The number of fused-ring (bicyclic) bond motifs is 1. The van der Waals surface area contributed by atoms with E-state index in [1.165, 1.54) is 70.5 Å². The lowest BCUT2D eigenvalue weighted by molar-refractivity contribution is 0.251. The van der Waals surface area contributed by atoms with Gasteiger partial charge in [-0.15, -0.1) is 0 Å². The third-order valence-electron chi connectivity index (χ3n) is 5.06. The smallest absolute Gasteiger partial charge is 0.165 e. The SMILES string of the molecule is CCCCCCCCCCCCC(CCO)n1cnc2c(Cl)ncnc21. The zero-order chi connectivity index (χ0) is 18.6. The van der Waals surface area contributed by atoms with E-state index in [0.29, 0.717) is 17.1 Å². The van der Waals surface area contributed by atoms with Crippen molar-refractivity contribution in [2.24, 2.45) is 0 Å². The number of rotatable bonds is 14. The molecule has 0 aromatic carbocycles. The lowest BCUT2D eigenvalue weighted by Crippen LogP contribution is -2.11. The summed E-state index contributed by atoms with van der Waals surface area (Å²) in [6, 6.07) is 0.213. The van der Waals surface area contributed by atoms with Crippen molar-refractivity contribution in [1.82, 2.24) is 19.5 Å². The first-order valence-corrected chi connectivity index (χ1v) is 10.6. The van der Waals surface area contributed by atoms with Crippen LogP contribution in [0, 0.1) is 0 Å². The van der Waals surface area contributed by atoms with Crippen molar-refractivity contribution >= 4 is 22.8 Å². The van der Waals surface area contributed by atoms with Gasteiger partial charge in [-0.1, -0.05) is 82.7 Å². The highest BCUT2D eigenvalue weighted by Gasteiger charge is 2.16. The molecule has 1 unspecified atom stereocenters. The highest BCUT2D eigenvalue weighted by atomic mass is 35.5. The van der Waals surface area contributed by atoms with Gasteiger partial charge in [0, 0.05) is 12.6 Å². The van der Waals surface area contributed by atoms with Gasteiger partial charge < -0.3 is 9.67 Å². The monoisotopic (exact) mass is 380 g/mol. The van der Waals surface area contributed by atoms with Crippen molar-refractivity contribution < 1.29 is 5.11 Å². The average Bonchev–Trinajstić information content (AvgIpc) is 3.08. The van der Waals surface area contributed by atoms with Gasteiger partial charge in [-0.25, -0.2) is 15.0 Å². The number of halogens is 1. The van der Waals surface area contributed by atoms with Gasteiger partial charge in [-0.2, -0.15) is 0 Å². The summed E-state index contributed by atoms with van der Waals surface area (Å²) in [5, 5.41) is 9.82. The van der Waals surface area contributed by atoms with Gasteiger partial charge in [0.15, 0.2) is 10.8 Å². The van der Waals surface area contributed by atoms with Crippen molar-refractivity contribution in [1.29, 1.82) is 0 Å². The molecule has 2 rings (SSSR count). The minimum absolute atomic E-state index is 0.168. The van der Waals surface area contributed by atoms with E-state index in [9.17, 15) is 5.11 Å². The second-order valence-corrected chi connectivity index (χ2v) is 7.48. The zero-order valence-corrected chi connectivity index (χ0v) is 16.8. The molecule has 26 heavy (non-hydrogen) atoms. The Morgan fingerprint density at radius 1 is 0.923 bits per heavy atom. The highest BCUT2D eigenvalue weighted by molar-refractivity contribution is 6.33. The number of unbranched alkanes of at least 4 members (excludes halogenated alkanes) is 9. The lowest BCUT2D eigenvalue weighted by Gasteiger charge is -2.18. The Hall–Kier alpha value is -1.20. The molecule has 2 heterocycles. The quantitative estimate of drug-likeness (QED) is 0.336. The van der Waals surface area contributed by atoms with Gasteiger partial charge in [-0.3, -0.25) is 0 Å². The van der Waals surface area contributed by atoms with Gasteiger partial charge in [0.05, 0.1) is 6.33 Å². The van der Waals surface area contributed by atoms with Crippen molar-refractivity contribution in [2.75, 3.05) is 6.61 Å². The van der Waals surface area contributed by atoms with Crippen molar-refractivity contribution in [2.45, 2.75) is 90.0 Å². The van der Waals surface area contributed by atoms with E-state index in [0.717, 1.165) is 12.1 Å². The molecule has 5 nitrogen and oxygen atoms in total. The maximum absolute atomic E-state index is 9.43. The number of hydrogen-bond donors (Lipinski definition) is 1. The lowest BCUT2D eigenvalue weighted by atomic mass is 10.0. The summed E-state index contributed by atoms with van der Waals surface area (Å²) >= 11 is 6.09. The molecule has 2 aromatic rings. The van der Waals surface area contributed by atoms with Crippen molar-refractivity contribution in [3.63, 3.8) is 0 Å². The van der Waals surface area contributed by atoms with Crippen LogP contribution in [0.4, 0.5) is 0 Å². The summed E-state index contributed by atoms with van der Waals surface area (Å²) in [5.74, 6) is 0. The van der Waals surface area contributed by atoms with Crippen molar-refractivity contribution in [3.8, 4) is 0 Å². The van der Waals surface area contributed by atoms with E-state index in [4.69, 9.17) is 11.6 Å². The van der Waals surface area contributed by atoms with Gasteiger partial charge in [0.25, 0.3) is 0 Å². The molecule has 0 aliphatic carbocycles. The number of nitrogens with zero attached hydrogens (tertiary/aromatic N) is 4. The summed E-state index contributed by atoms with van der Waals surface area (Å²) in [7, 11) is 0. The molecule has 2 aromatic heterocycles. The van der Waals surface area contributed by atoms with E-state index < -0.39 is 0 Å². The normalized spacial score (nSPS) is 12.7. The molecular weight excluding hydrogens is 348 g/mol. The van der Waals surface area contributed by atoms with Crippen LogP contribution in [0.3, 0.4) is 0 Å². The van der Waals surface area contributed by atoms with Crippen LogP contribution in [0.1, 0.15) is 90.0 Å². The Kier molecular flexibility index (Phi) is 9.93. The van der Waals surface area contributed by atoms with Crippen LogP contribution in [0.25, 0.3) is 11.2 Å². The van der Waals surface area contributed by atoms with Gasteiger partial charge >= 0.3 is 0 Å². The number of aromatic nitrogens is 4. The molecule has 0 fully saturated rings. The molecule has 0 saturated carbocycles. The minimum Gasteiger partial charge on any atom is -0.396 e. The van der Waals surface area contributed by atoms with Gasteiger partial charge in [-0.05, 0) is 12.8 Å². The predicted octanol–water partition coefficient (Wildman–Crippen LogP) is 5.71. The fraction of sp³-hybridized carbons (Fsp3) is 0.750. The standard InChI is InChI=1S/C20H33ClN4O/c1-2-3-4-5-6-7-8-9-10-11-12-17(13-14-26)25-16-24-18-19(21)22-15-23-20(18)25/h15-17,26H,2-14H2,1H3. The Morgan fingerprint density at radius 2 is 1.58 bits per heavy atom. The average molecular weight is 381 g/mol. The Balaban J connectivity index is 1.72. The first-order valence-electron chi connectivity index (χ1n) is 10.2.